The van der Waals surface area contributed by atoms with E-state index >= 15 is 0 Å². The lowest BCUT2D eigenvalue weighted by atomic mass is 9.76. The molecule has 0 radical (unpaired) electrons. The molecule has 0 aliphatic carbocycles. The van der Waals surface area contributed by atoms with Crippen molar-refractivity contribution >= 4 is 35.2 Å². The molecule has 3 amide bonds. The van der Waals surface area contributed by atoms with Gasteiger partial charge in [0.15, 0.2) is 5.78 Å². The van der Waals surface area contributed by atoms with Crippen LogP contribution in [0.3, 0.4) is 0 Å². The number of carbonyl (C=O) groups is 5. The van der Waals surface area contributed by atoms with Crippen LogP contribution in [-0.4, -0.2) is 60.1 Å². The number of imide groups is 1. The zero-order valence-corrected chi connectivity index (χ0v) is 19.4. The first-order valence-corrected chi connectivity index (χ1v) is 11.5. The molecule has 9 heteroatoms. The van der Waals surface area contributed by atoms with Crippen LogP contribution in [0.4, 0.5) is 5.69 Å². The van der Waals surface area contributed by atoms with E-state index < -0.39 is 47.1 Å². The van der Waals surface area contributed by atoms with Gasteiger partial charge in [-0.15, -0.1) is 0 Å². The number of carbonyl (C=O) groups excluding carboxylic acids is 5. The topological polar surface area (TPSA) is 113 Å². The molecule has 3 aliphatic heterocycles. The largest absolute Gasteiger partial charge is 0.469 e. The summed E-state index contributed by atoms with van der Waals surface area (Å²) in [5, 5.41) is 2.81. The molecule has 3 aliphatic rings. The fourth-order valence-electron chi connectivity index (χ4n) is 5.91. The van der Waals surface area contributed by atoms with Crippen LogP contribution >= 0.6 is 0 Å². The number of nitrogens with zero attached hydrogens (tertiary/aromatic N) is 2. The maximum absolute atomic E-state index is 13.9. The summed E-state index contributed by atoms with van der Waals surface area (Å²) in [5.74, 6) is -4.15. The fraction of sp³-hybridized carbons (Fsp3) is 0.346. The molecular weight excluding hydrogens is 450 g/mol. The predicted molar refractivity (Wildman–Crippen MR) is 124 cm³/mol. The number of ketones is 1. The molecule has 3 fully saturated rings. The van der Waals surface area contributed by atoms with E-state index in [9.17, 15) is 24.0 Å². The second-order valence-electron chi connectivity index (χ2n) is 9.10. The Balaban J connectivity index is 1.67. The number of esters is 1. The summed E-state index contributed by atoms with van der Waals surface area (Å²) in [6.45, 7) is 2.15. The third-order valence-electron chi connectivity index (χ3n) is 7.40. The highest BCUT2D eigenvalue weighted by Crippen LogP contribution is 2.57. The van der Waals surface area contributed by atoms with Gasteiger partial charge in [-0.25, -0.2) is 4.90 Å². The van der Waals surface area contributed by atoms with Gasteiger partial charge in [0.1, 0.15) is 5.54 Å². The van der Waals surface area contributed by atoms with Crippen LogP contribution in [-0.2, 0) is 23.9 Å². The first kappa shape index (κ1) is 22.9. The molecule has 3 saturated heterocycles. The Morgan fingerprint density at radius 1 is 1.03 bits per heavy atom. The highest BCUT2D eigenvalue weighted by atomic mass is 16.5. The van der Waals surface area contributed by atoms with Crippen LogP contribution in [0.25, 0.3) is 0 Å². The molecule has 4 atom stereocenters. The van der Waals surface area contributed by atoms with Crippen molar-refractivity contribution in [3.05, 3.63) is 65.7 Å². The maximum atomic E-state index is 13.9. The van der Waals surface area contributed by atoms with Gasteiger partial charge in [0.05, 0.1) is 31.1 Å². The molecule has 0 spiro atoms. The summed E-state index contributed by atoms with van der Waals surface area (Å²) in [4.78, 5) is 68.6. The lowest BCUT2D eigenvalue weighted by Gasteiger charge is -2.45. The SMILES string of the molecule is COC(=O)CC12C(=O)NCCN1C(c1ccccc1)C1C(=O)N(c3ccc(C(C)=O)cc3)C(=O)C12. The molecule has 5 rings (SSSR count). The highest BCUT2D eigenvalue weighted by Gasteiger charge is 2.73. The lowest BCUT2D eigenvalue weighted by Crippen LogP contribution is -2.67. The Kier molecular flexibility index (Phi) is 5.52. The highest BCUT2D eigenvalue weighted by molar-refractivity contribution is 6.24. The number of methoxy groups -OCH3 is 1. The maximum Gasteiger partial charge on any atom is 0.307 e. The summed E-state index contributed by atoms with van der Waals surface area (Å²) in [5.41, 5.74) is 0.00779. The summed E-state index contributed by atoms with van der Waals surface area (Å²) < 4.78 is 4.92. The zero-order chi connectivity index (χ0) is 24.9. The van der Waals surface area contributed by atoms with Gasteiger partial charge in [0.25, 0.3) is 0 Å². The van der Waals surface area contributed by atoms with Crippen molar-refractivity contribution in [3.63, 3.8) is 0 Å². The Hall–Kier alpha value is -3.85. The van der Waals surface area contributed by atoms with Crippen LogP contribution < -0.4 is 10.2 Å². The average Bonchev–Trinajstić information content (AvgIpc) is 3.30. The molecule has 35 heavy (non-hydrogen) atoms. The van der Waals surface area contributed by atoms with Crippen LogP contribution in [0.1, 0.15) is 35.3 Å². The third-order valence-corrected chi connectivity index (χ3v) is 7.40. The summed E-state index contributed by atoms with van der Waals surface area (Å²) in [7, 11) is 1.23. The molecule has 1 N–H and O–H groups in total. The van der Waals surface area contributed by atoms with Crippen molar-refractivity contribution in [2.75, 3.05) is 25.1 Å². The molecule has 0 saturated carbocycles. The minimum atomic E-state index is -1.56. The van der Waals surface area contributed by atoms with Gasteiger partial charge in [0.2, 0.25) is 17.7 Å². The van der Waals surface area contributed by atoms with Gasteiger partial charge in [-0.3, -0.25) is 28.9 Å². The standard InChI is InChI=1S/C26H25N3O6/c1-15(30)16-8-10-18(11-9-16)29-23(32)20-21(24(29)33)26(14-19(31)35-2)25(34)27-12-13-28(26)22(20)17-6-4-3-5-7-17/h3-11,20-22H,12-14H2,1-2H3,(H,27,34). The van der Waals surface area contributed by atoms with E-state index in [4.69, 9.17) is 4.74 Å². The van der Waals surface area contributed by atoms with Gasteiger partial charge in [0, 0.05) is 24.7 Å². The smallest absolute Gasteiger partial charge is 0.307 e. The van der Waals surface area contributed by atoms with Gasteiger partial charge in [-0.2, -0.15) is 0 Å². The number of anilines is 1. The Morgan fingerprint density at radius 3 is 2.34 bits per heavy atom. The van der Waals surface area contributed by atoms with Crippen LogP contribution in [0, 0.1) is 11.8 Å². The minimum Gasteiger partial charge on any atom is -0.469 e. The molecule has 180 valence electrons. The molecule has 0 aromatic heterocycles. The average molecular weight is 476 g/mol. The number of amides is 3. The molecule has 3 heterocycles. The van der Waals surface area contributed by atoms with E-state index in [0.717, 1.165) is 10.5 Å². The van der Waals surface area contributed by atoms with Crippen molar-refractivity contribution < 1.29 is 28.7 Å². The van der Waals surface area contributed by atoms with E-state index in [1.807, 2.05) is 35.2 Å². The molecule has 4 unspecified atom stereocenters. The number of piperazine rings is 1. The van der Waals surface area contributed by atoms with Crippen LogP contribution in [0.2, 0.25) is 0 Å². The zero-order valence-electron chi connectivity index (χ0n) is 19.4. The van der Waals surface area contributed by atoms with Crippen molar-refractivity contribution in [1.29, 1.82) is 0 Å². The van der Waals surface area contributed by atoms with Crippen molar-refractivity contribution in [2.45, 2.75) is 24.9 Å². The number of hydrogen-bond donors (Lipinski definition) is 1. The fourth-order valence-corrected chi connectivity index (χ4v) is 5.91. The molecule has 0 bridgehead atoms. The quantitative estimate of drug-likeness (QED) is 0.396. The number of nitrogens with one attached hydrogen (secondary N) is 1. The van der Waals surface area contributed by atoms with E-state index in [0.29, 0.717) is 24.3 Å². The van der Waals surface area contributed by atoms with Gasteiger partial charge in [-0.1, -0.05) is 30.3 Å². The van der Waals surface area contributed by atoms with Crippen LogP contribution in [0.15, 0.2) is 54.6 Å². The normalized spacial score (nSPS) is 27.9. The van der Waals surface area contributed by atoms with E-state index in [1.54, 1.807) is 24.3 Å². The molecule has 2 aromatic rings. The van der Waals surface area contributed by atoms with Crippen molar-refractivity contribution in [1.82, 2.24) is 10.2 Å². The third kappa shape index (κ3) is 3.30. The minimum absolute atomic E-state index is 0.136. The van der Waals surface area contributed by atoms with Crippen LogP contribution in [0.5, 0.6) is 0 Å². The van der Waals surface area contributed by atoms with Gasteiger partial charge < -0.3 is 10.1 Å². The van der Waals surface area contributed by atoms with Crippen molar-refractivity contribution in [2.24, 2.45) is 11.8 Å². The van der Waals surface area contributed by atoms with E-state index in [1.165, 1.54) is 14.0 Å². The monoisotopic (exact) mass is 475 g/mol. The Morgan fingerprint density at radius 2 is 1.71 bits per heavy atom. The van der Waals surface area contributed by atoms with E-state index in [-0.39, 0.29) is 12.2 Å². The number of ether oxygens (including phenoxy) is 1. The second kappa shape index (κ2) is 8.42. The molecule has 9 nitrogen and oxygen atoms in total. The first-order chi connectivity index (χ1) is 16.8. The van der Waals surface area contributed by atoms with Gasteiger partial charge >= 0.3 is 5.97 Å². The summed E-state index contributed by atoms with van der Waals surface area (Å²) >= 11 is 0. The second-order valence-corrected chi connectivity index (χ2v) is 9.10. The Bertz CT molecular complexity index is 1230. The summed E-state index contributed by atoms with van der Waals surface area (Å²) in [6.07, 6.45) is -0.351. The Labute approximate surface area is 202 Å². The lowest BCUT2D eigenvalue weighted by molar-refractivity contribution is -0.154. The number of benzene rings is 2. The van der Waals surface area contributed by atoms with E-state index in [2.05, 4.69) is 5.32 Å². The molecule has 2 aromatic carbocycles. The predicted octanol–water partition coefficient (Wildman–Crippen LogP) is 1.48. The number of fused-ring (bicyclic) bond motifs is 3. The molecular formula is C26H25N3O6. The number of hydrogen-bond acceptors (Lipinski definition) is 7. The number of rotatable bonds is 5. The van der Waals surface area contributed by atoms with Gasteiger partial charge in [-0.05, 0) is 36.8 Å². The number of Topliss-reactive ketones (excluding diaryl/α,β-unsaturated/α-hetero) is 1. The first-order valence-electron chi connectivity index (χ1n) is 11.5. The summed E-state index contributed by atoms with van der Waals surface area (Å²) in [6, 6.07) is 14.9. The van der Waals surface area contributed by atoms with Crippen molar-refractivity contribution in [3.8, 4) is 0 Å².